The molecular weight excluding hydrogens is 268 g/mol. The molecule has 1 heterocycles. The number of piperidine rings is 1. The zero-order valence-corrected chi connectivity index (χ0v) is 11.2. The van der Waals surface area contributed by atoms with Crippen molar-refractivity contribution in [2.24, 2.45) is 5.92 Å². The molecule has 0 radical (unpaired) electrons. The molecule has 1 aliphatic rings. The number of alkyl halides is 1. The predicted octanol–water partition coefficient (Wildman–Crippen LogP) is 0.898. The maximum absolute atomic E-state index is 11.8. The first kappa shape index (κ1) is 12.4. The van der Waals surface area contributed by atoms with E-state index in [9.17, 15) is 8.42 Å². The lowest BCUT2D eigenvalue weighted by Gasteiger charge is -2.34. The van der Waals surface area contributed by atoms with E-state index in [0.717, 1.165) is 6.42 Å². The van der Waals surface area contributed by atoms with Crippen molar-refractivity contribution in [1.29, 1.82) is 0 Å². The lowest BCUT2D eigenvalue weighted by molar-refractivity contribution is 0.277. The number of rotatable bonds is 2. The van der Waals surface area contributed by atoms with E-state index in [1.165, 1.54) is 4.31 Å². The van der Waals surface area contributed by atoms with E-state index in [4.69, 9.17) is 0 Å². The molecule has 0 amide bonds. The quantitative estimate of drug-likeness (QED) is 0.707. The Labute approximate surface area is 94.6 Å². The van der Waals surface area contributed by atoms with Crippen LogP contribution >= 0.6 is 15.9 Å². The van der Waals surface area contributed by atoms with Crippen molar-refractivity contribution in [3.63, 3.8) is 0 Å². The van der Waals surface area contributed by atoms with Gasteiger partial charge in [0.2, 0.25) is 0 Å². The molecule has 84 valence electrons. The van der Waals surface area contributed by atoms with Crippen LogP contribution < -0.4 is 0 Å². The van der Waals surface area contributed by atoms with Gasteiger partial charge in [-0.2, -0.15) is 17.0 Å². The van der Waals surface area contributed by atoms with Crippen LogP contribution in [0.15, 0.2) is 0 Å². The molecule has 1 saturated heterocycles. The van der Waals surface area contributed by atoms with Gasteiger partial charge in [0.25, 0.3) is 10.2 Å². The van der Waals surface area contributed by atoms with Crippen LogP contribution in [0.25, 0.3) is 0 Å². The fourth-order valence-corrected chi connectivity index (χ4v) is 3.11. The molecule has 1 rings (SSSR count). The summed E-state index contributed by atoms with van der Waals surface area (Å²) in [4.78, 5) is 0.441. The van der Waals surface area contributed by atoms with Crippen molar-refractivity contribution in [2.75, 3.05) is 27.2 Å². The molecular formula is C8H17BrN2O2S. The Morgan fingerprint density at radius 1 is 1.43 bits per heavy atom. The van der Waals surface area contributed by atoms with Gasteiger partial charge in [0.1, 0.15) is 0 Å². The molecule has 0 N–H and O–H groups in total. The van der Waals surface area contributed by atoms with E-state index in [1.54, 1.807) is 18.4 Å². The third-order valence-electron chi connectivity index (χ3n) is 2.55. The monoisotopic (exact) mass is 284 g/mol. The Kier molecular flexibility index (Phi) is 3.96. The Morgan fingerprint density at radius 2 is 2.00 bits per heavy atom. The summed E-state index contributed by atoms with van der Waals surface area (Å²) in [5.74, 6) is 0.374. The normalized spacial score (nSPS) is 30.9. The lowest BCUT2D eigenvalue weighted by Crippen LogP contribution is -2.47. The zero-order chi connectivity index (χ0) is 10.9. The van der Waals surface area contributed by atoms with Crippen LogP contribution in [0.4, 0.5) is 0 Å². The van der Waals surface area contributed by atoms with Crippen LogP contribution in [-0.2, 0) is 10.2 Å². The largest absolute Gasteiger partial charge is 0.281 e. The molecule has 0 aromatic carbocycles. The summed E-state index contributed by atoms with van der Waals surface area (Å²) in [6.45, 7) is 3.29. The summed E-state index contributed by atoms with van der Waals surface area (Å²) in [6, 6.07) is 0. The average Bonchev–Trinajstić information content (AvgIpc) is 2.09. The van der Waals surface area contributed by atoms with Crippen LogP contribution in [0.3, 0.4) is 0 Å². The molecule has 0 aromatic heterocycles. The van der Waals surface area contributed by atoms with E-state index in [2.05, 4.69) is 22.9 Å². The van der Waals surface area contributed by atoms with Gasteiger partial charge in [-0.25, -0.2) is 0 Å². The summed E-state index contributed by atoms with van der Waals surface area (Å²) < 4.78 is 26.4. The van der Waals surface area contributed by atoms with E-state index in [1.807, 2.05) is 0 Å². The number of hydrogen-bond donors (Lipinski definition) is 0. The van der Waals surface area contributed by atoms with Gasteiger partial charge in [-0.15, -0.1) is 0 Å². The highest BCUT2D eigenvalue weighted by Gasteiger charge is 2.32. The summed E-state index contributed by atoms with van der Waals surface area (Å²) in [7, 11) is -0.0711. The van der Waals surface area contributed by atoms with Crippen molar-refractivity contribution in [3.8, 4) is 0 Å². The Morgan fingerprint density at radius 3 is 2.43 bits per heavy atom. The molecule has 0 spiro atoms. The SMILES string of the molecule is CC1CN(S(=O)(=O)N(C)C)CCC1Br. The van der Waals surface area contributed by atoms with Crippen molar-refractivity contribution < 1.29 is 8.42 Å². The first-order valence-electron chi connectivity index (χ1n) is 4.67. The second-order valence-electron chi connectivity index (χ2n) is 3.93. The molecule has 0 aromatic rings. The van der Waals surface area contributed by atoms with Gasteiger partial charge in [0.15, 0.2) is 0 Å². The molecule has 0 saturated carbocycles. The van der Waals surface area contributed by atoms with E-state index < -0.39 is 10.2 Å². The van der Waals surface area contributed by atoms with Crippen molar-refractivity contribution in [3.05, 3.63) is 0 Å². The van der Waals surface area contributed by atoms with Gasteiger partial charge < -0.3 is 0 Å². The van der Waals surface area contributed by atoms with E-state index in [0.29, 0.717) is 23.8 Å². The minimum absolute atomic E-state index is 0.374. The smallest absolute Gasteiger partial charge is 0.195 e. The second kappa shape index (κ2) is 4.47. The third kappa shape index (κ3) is 2.48. The highest BCUT2D eigenvalue weighted by Crippen LogP contribution is 2.25. The van der Waals surface area contributed by atoms with Crippen molar-refractivity contribution in [2.45, 2.75) is 18.2 Å². The maximum atomic E-state index is 11.8. The fourth-order valence-electron chi connectivity index (χ4n) is 1.52. The summed E-state index contributed by atoms with van der Waals surface area (Å²) in [5, 5.41) is 0. The molecule has 2 atom stereocenters. The summed E-state index contributed by atoms with van der Waals surface area (Å²) in [6.07, 6.45) is 0.883. The third-order valence-corrected chi connectivity index (χ3v) is 5.82. The zero-order valence-electron chi connectivity index (χ0n) is 8.77. The fraction of sp³-hybridized carbons (Fsp3) is 1.00. The van der Waals surface area contributed by atoms with Gasteiger partial charge >= 0.3 is 0 Å². The number of nitrogens with zero attached hydrogens (tertiary/aromatic N) is 2. The predicted molar refractivity (Wildman–Crippen MR) is 60.7 cm³/mol. The highest BCUT2D eigenvalue weighted by molar-refractivity contribution is 9.09. The Hall–Kier alpha value is 0.350. The van der Waals surface area contributed by atoms with Crippen LogP contribution in [0.2, 0.25) is 0 Å². The van der Waals surface area contributed by atoms with Gasteiger partial charge in [-0.05, 0) is 12.3 Å². The number of hydrogen-bond acceptors (Lipinski definition) is 2. The first-order chi connectivity index (χ1) is 6.35. The standard InChI is InChI=1S/C8H17BrN2O2S/c1-7-6-11(5-4-8(7)9)14(12,13)10(2)3/h7-8H,4-6H2,1-3H3. The molecule has 1 fully saturated rings. The van der Waals surface area contributed by atoms with Gasteiger partial charge in [-0.3, -0.25) is 0 Å². The first-order valence-corrected chi connectivity index (χ1v) is 6.98. The molecule has 6 heteroatoms. The molecule has 0 bridgehead atoms. The summed E-state index contributed by atoms with van der Waals surface area (Å²) in [5.41, 5.74) is 0. The lowest BCUT2D eigenvalue weighted by atomic mass is 10.0. The minimum atomic E-state index is -3.21. The molecule has 4 nitrogen and oxygen atoms in total. The average molecular weight is 285 g/mol. The Balaban J connectivity index is 2.73. The van der Waals surface area contributed by atoms with Crippen LogP contribution in [0, 0.1) is 5.92 Å². The van der Waals surface area contributed by atoms with Gasteiger partial charge in [0, 0.05) is 32.0 Å². The van der Waals surface area contributed by atoms with Gasteiger partial charge in [-0.1, -0.05) is 22.9 Å². The molecule has 2 unspecified atom stereocenters. The number of halogens is 1. The van der Waals surface area contributed by atoms with Crippen molar-refractivity contribution in [1.82, 2.24) is 8.61 Å². The topological polar surface area (TPSA) is 40.6 Å². The Bertz CT molecular complexity index is 292. The van der Waals surface area contributed by atoms with Crippen LogP contribution in [0.1, 0.15) is 13.3 Å². The highest BCUT2D eigenvalue weighted by atomic mass is 79.9. The molecule has 0 aliphatic carbocycles. The second-order valence-corrected chi connectivity index (χ2v) is 7.25. The van der Waals surface area contributed by atoms with Crippen LogP contribution in [-0.4, -0.2) is 49.0 Å². The van der Waals surface area contributed by atoms with E-state index in [-0.39, 0.29) is 0 Å². The van der Waals surface area contributed by atoms with E-state index >= 15 is 0 Å². The molecule has 1 aliphatic heterocycles. The molecule has 14 heavy (non-hydrogen) atoms. The van der Waals surface area contributed by atoms with Crippen LogP contribution in [0.5, 0.6) is 0 Å². The maximum Gasteiger partial charge on any atom is 0.281 e. The van der Waals surface area contributed by atoms with Crippen molar-refractivity contribution >= 4 is 26.1 Å². The summed E-state index contributed by atoms with van der Waals surface area (Å²) >= 11 is 3.55. The minimum Gasteiger partial charge on any atom is -0.195 e. The van der Waals surface area contributed by atoms with Gasteiger partial charge in [0.05, 0.1) is 0 Å².